The number of nitrogens with one attached hydrogen (secondary N) is 2. The lowest BCUT2D eigenvalue weighted by Crippen LogP contribution is -2.50. The van der Waals surface area contributed by atoms with Gasteiger partial charge in [0.05, 0.1) is 12.7 Å². The van der Waals surface area contributed by atoms with E-state index in [1.165, 1.54) is 0 Å². The third kappa shape index (κ3) is 4.17. The Balaban J connectivity index is 0.00000218. The normalized spacial score (nSPS) is 26.7. The number of halogens is 1. The zero-order valence-corrected chi connectivity index (χ0v) is 17.7. The molecule has 2 bridgehead atoms. The van der Waals surface area contributed by atoms with E-state index in [2.05, 4.69) is 10.6 Å². The van der Waals surface area contributed by atoms with Gasteiger partial charge in [0.15, 0.2) is 0 Å². The lowest BCUT2D eigenvalue weighted by molar-refractivity contribution is -0.0251. The van der Waals surface area contributed by atoms with Crippen LogP contribution < -0.4 is 16.2 Å². The molecule has 2 aromatic rings. The van der Waals surface area contributed by atoms with Gasteiger partial charge in [0.25, 0.3) is 11.5 Å². The molecule has 1 aliphatic carbocycles. The number of fused-ring (bicyclic) bond motifs is 4. The van der Waals surface area contributed by atoms with Crippen LogP contribution in [0.4, 0.5) is 0 Å². The fourth-order valence-corrected chi connectivity index (χ4v) is 4.83. The summed E-state index contributed by atoms with van der Waals surface area (Å²) in [6.45, 7) is 3.16. The highest BCUT2D eigenvalue weighted by molar-refractivity contribution is 5.94. The van der Waals surface area contributed by atoms with Crippen LogP contribution in [0.2, 0.25) is 0 Å². The first-order chi connectivity index (χ1) is 14.2. The molecule has 1 amide bonds. The minimum Gasteiger partial charge on any atom is -0.373 e. The molecule has 1 saturated carbocycles. The van der Waals surface area contributed by atoms with Crippen LogP contribution in [0.1, 0.15) is 46.8 Å². The smallest absolute Gasteiger partial charge is 0.263 e. The molecule has 2 fully saturated rings. The third-order valence-electron chi connectivity index (χ3n) is 6.51. The molecule has 2 atom stereocenters. The van der Waals surface area contributed by atoms with E-state index in [1.807, 2.05) is 41.0 Å². The van der Waals surface area contributed by atoms with Gasteiger partial charge in [-0.3, -0.25) is 9.59 Å². The average molecular weight is 430 g/mol. The number of benzene rings is 1. The van der Waals surface area contributed by atoms with E-state index in [1.54, 1.807) is 6.07 Å². The number of ether oxygens (including phenoxy) is 1. The summed E-state index contributed by atoms with van der Waals surface area (Å²) in [5.74, 6) is 0.596. The molecular weight excluding hydrogens is 402 g/mol. The van der Waals surface area contributed by atoms with Crippen molar-refractivity contribution in [2.75, 3.05) is 13.1 Å². The van der Waals surface area contributed by atoms with Crippen LogP contribution in [0.5, 0.6) is 0 Å². The summed E-state index contributed by atoms with van der Waals surface area (Å²) in [4.78, 5) is 25.7. The summed E-state index contributed by atoms with van der Waals surface area (Å²) in [7, 11) is 0. The van der Waals surface area contributed by atoms with Gasteiger partial charge in [0, 0.05) is 30.7 Å². The maximum atomic E-state index is 13.0. The highest BCUT2D eigenvalue weighted by atomic mass is 35.5. The Morgan fingerprint density at radius 1 is 1.10 bits per heavy atom. The van der Waals surface area contributed by atoms with E-state index < -0.39 is 0 Å². The summed E-state index contributed by atoms with van der Waals surface area (Å²) in [6.07, 6.45) is 2.88. The molecule has 3 heterocycles. The van der Waals surface area contributed by atoms with Crippen LogP contribution in [-0.4, -0.2) is 35.7 Å². The second-order valence-electron chi connectivity index (χ2n) is 8.60. The van der Waals surface area contributed by atoms with Crippen LogP contribution in [0, 0.1) is 5.92 Å². The van der Waals surface area contributed by atoms with Crippen LogP contribution in [0.3, 0.4) is 0 Å². The molecule has 3 aliphatic rings. The monoisotopic (exact) mass is 429 g/mol. The van der Waals surface area contributed by atoms with E-state index in [0.717, 1.165) is 43.6 Å². The van der Waals surface area contributed by atoms with E-state index in [-0.39, 0.29) is 41.6 Å². The standard InChI is InChI=1S/C23H27N3O3.ClH/c27-22(25-18-9-19(10-18)29-14-15-4-2-1-3-5-15)20-6-7-21-17-8-16(11-24-12-17)13-26(21)23(20)28;/h1-7,16-19,24H,8-14H2,(H,25,27);1H/t16-,17+,18?,19?;/m0./s1. The zero-order valence-electron chi connectivity index (χ0n) is 16.9. The van der Waals surface area contributed by atoms with Crippen molar-refractivity contribution in [2.24, 2.45) is 5.92 Å². The predicted octanol–water partition coefficient (Wildman–Crippen LogP) is 2.45. The Hall–Kier alpha value is -2.15. The summed E-state index contributed by atoms with van der Waals surface area (Å²) >= 11 is 0. The molecule has 160 valence electrons. The fourth-order valence-electron chi connectivity index (χ4n) is 4.83. The van der Waals surface area contributed by atoms with Crippen molar-refractivity contribution in [3.63, 3.8) is 0 Å². The topological polar surface area (TPSA) is 72.4 Å². The van der Waals surface area contributed by atoms with Crippen LogP contribution >= 0.6 is 12.4 Å². The summed E-state index contributed by atoms with van der Waals surface area (Å²) in [5, 5.41) is 6.46. The SMILES string of the molecule is Cl.O=C(NC1CC(OCc2ccccc2)C1)c1ccc2n(c1=O)C[C@@H]1CNC[C@H]2C1. The number of aromatic nitrogens is 1. The lowest BCUT2D eigenvalue weighted by atomic mass is 9.84. The molecule has 1 aromatic heterocycles. The Labute approximate surface area is 182 Å². The Morgan fingerprint density at radius 2 is 1.90 bits per heavy atom. The zero-order chi connectivity index (χ0) is 19.8. The van der Waals surface area contributed by atoms with Gasteiger partial charge in [-0.2, -0.15) is 0 Å². The summed E-state index contributed by atoms with van der Waals surface area (Å²) in [5.41, 5.74) is 2.33. The van der Waals surface area contributed by atoms with E-state index in [0.29, 0.717) is 25.0 Å². The van der Waals surface area contributed by atoms with Gasteiger partial charge in [-0.05, 0) is 49.4 Å². The fraction of sp³-hybridized carbons (Fsp3) is 0.478. The molecule has 1 saturated heterocycles. The van der Waals surface area contributed by atoms with Crippen LogP contribution in [-0.2, 0) is 17.9 Å². The van der Waals surface area contributed by atoms with Crippen molar-refractivity contribution in [3.8, 4) is 0 Å². The number of rotatable bonds is 5. The van der Waals surface area contributed by atoms with E-state index in [4.69, 9.17) is 4.74 Å². The molecule has 0 unspecified atom stereocenters. The van der Waals surface area contributed by atoms with E-state index >= 15 is 0 Å². The molecule has 6 nitrogen and oxygen atoms in total. The first-order valence-electron chi connectivity index (χ1n) is 10.6. The van der Waals surface area contributed by atoms with Crippen molar-refractivity contribution in [1.82, 2.24) is 15.2 Å². The molecule has 30 heavy (non-hydrogen) atoms. The number of nitrogens with zero attached hydrogens (tertiary/aromatic N) is 1. The predicted molar refractivity (Wildman–Crippen MR) is 117 cm³/mol. The van der Waals surface area contributed by atoms with Gasteiger partial charge >= 0.3 is 0 Å². The van der Waals surface area contributed by atoms with Crippen molar-refractivity contribution in [2.45, 2.75) is 50.5 Å². The van der Waals surface area contributed by atoms with Gasteiger partial charge < -0.3 is 19.9 Å². The Kier molecular flexibility index (Phi) is 6.27. The third-order valence-corrected chi connectivity index (χ3v) is 6.51. The first-order valence-corrected chi connectivity index (χ1v) is 10.6. The molecule has 7 heteroatoms. The molecule has 2 aliphatic heterocycles. The van der Waals surface area contributed by atoms with Crippen LogP contribution in [0.15, 0.2) is 47.3 Å². The van der Waals surface area contributed by atoms with Gasteiger partial charge in [0.1, 0.15) is 5.56 Å². The number of amides is 1. The first kappa shape index (κ1) is 21.1. The maximum Gasteiger partial charge on any atom is 0.263 e. The Morgan fingerprint density at radius 3 is 2.70 bits per heavy atom. The van der Waals surface area contributed by atoms with E-state index in [9.17, 15) is 9.59 Å². The van der Waals surface area contributed by atoms with Gasteiger partial charge in [0.2, 0.25) is 0 Å². The molecule has 0 spiro atoms. The largest absolute Gasteiger partial charge is 0.373 e. The molecular formula is C23H28ClN3O3. The van der Waals surface area contributed by atoms with Gasteiger partial charge in [-0.15, -0.1) is 12.4 Å². The Bertz CT molecular complexity index is 956. The minimum absolute atomic E-state index is 0. The van der Waals surface area contributed by atoms with Gasteiger partial charge in [-0.1, -0.05) is 30.3 Å². The lowest BCUT2D eigenvalue weighted by Gasteiger charge is -2.38. The number of hydrogen-bond donors (Lipinski definition) is 2. The molecule has 0 radical (unpaired) electrons. The highest BCUT2D eigenvalue weighted by Crippen LogP contribution is 2.31. The average Bonchev–Trinajstić information content (AvgIpc) is 2.71. The van der Waals surface area contributed by atoms with Crippen molar-refractivity contribution < 1.29 is 9.53 Å². The van der Waals surface area contributed by atoms with Crippen LogP contribution in [0.25, 0.3) is 0 Å². The number of carbonyl (C=O) groups is 1. The quantitative estimate of drug-likeness (QED) is 0.765. The number of hydrogen-bond acceptors (Lipinski definition) is 4. The second-order valence-corrected chi connectivity index (χ2v) is 8.60. The summed E-state index contributed by atoms with van der Waals surface area (Å²) < 4.78 is 7.73. The molecule has 5 rings (SSSR count). The molecule has 2 N–H and O–H groups in total. The second kappa shape index (κ2) is 8.92. The van der Waals surface area contributed by atoms with Crippen molar-refractivity contribution in [1.29, 1.82) is 0 Å². The number of pyridine rings is 1. The highest BCUT2D eigenvalue weighted by Gasteiger charge is 2.34. The number of carbonyl (C=O) groups excluding carboxylic acids is 1. The molecule has 1 aromatic carbocycles. The van der Waals surface area contributed by atoms with Gasteiger partial charge in [-0.25, -0.2) is 0 Å². The number of piperidine rings is 1. The van der Waals surface area contributed by atoms with Crippen molar-refractivity contribution >= 4 is 18.3 Å². The minimum atomic E-state index is -0.259. The maximum absolute atomic E-state index is 13.0. The van der Waals surface area contributed by atoms with Crippen molar-refractivity contribution in [3.05, 3.63) is 69.6 Å². The summed E-state index contributed by atoms with van der Waals surface area (Å²) in [6, 6.07) is 13.8.